The number of hydrogen-bond acceptors (Lipinski definition) is 5. The fourth-order valence-corrected chi connectivity index (χ4v) is 2.09. The number of rotatable bonds is 5. The average Bonchev–Trinajstić information content (AvgIpc) is 2.28. The summed E-state index contributed by atoms with van der Waals surface area (Å²) in [6, 6.07) is 1.24. The van der Waals surface area contributed by atoms with Gasteiger partial charge in [0.1, 0.15) is 6.42 Å². The van der Waals surface area contributed by atoms with E-state index in [9.17, 15) is 19.2 Å². The van der Waals surface area contributed by atoms with E-state index in [0.717, 1.165) is 16.3 Å². The normalized spacial score (nSPS) is 10.3. The van der Waals surface area contributed by atoms with Gasteiger partial charge < -0.3 is 5.11 Å². The Bertz CT molecular complexity index is 601. The van der Waals surface area contributed by atoms with Crippen molar-refractivity contribution in [2.45, 2.75) is 11.4 Å². The molecule has 0 aliphatic rings. The zero-order chi connectivity index (χ0) is 13.9. The molecule has 0 saturated carbocycles. The van der Waals surface area contributed by atoms with E-state index in [2.05, 4.69) is 0 Å². The van der Waals surface area contributed by atoms with Crippen LogP contribution < -0.4 is 11.2 Å². The highest BCUT2D eigenvalue weighted by Gasteiger charge is 2.11. The first-order valence-electron chi connectivity index (χ1n) is 4.96. The van der Waals surface area contributed by atoms with Gasteiger partial charge in [-0.2, -0.15) is 0 Å². The van der Waals surface area contributed by atoms with Crippen molar-refractivity contribution in [2.75, 3.05) is 5.75 Å². The zero-order valence-electron chi connectivity index (χ0n) is 9.87. The largest absolute Gasteiger partial charge is 0.481 e. The topological polar surface area (TPSA) is 98.4 Å². The number of carboxylic acids is 1. The summed E-state index contributed by atoms with van der Waals surface area (Å²) >= 11 is 0.971. The molecule has 0 aliphatic carbocycles. The van der Waals surface area contributed by atoms with Crippen LogP contribution in [-0.4, -0.2) is 31.7 Å². The van der Waals surface area contributed by atoms with Gasteiger partial charge in [-0.1, -0.05) is 0 Å². The van der Waals surface area contributed by atoms with E-state index in [0.29, 0.717) is 5.03 Å². The summed E-state index contributed by atoms with van der Waals surface area (Å²) in [5, 5.41) is 8.76. The maximum absolute atomic E-state index is 11.6. The quantitative estimate of drug-likeness (QED) is 0.429. The molecule has 7 nitrogen and oxygen atoms in total. The molecule has 0 radical (unpaired) electrons. The maximum atomic E-state index is 11.6. The smallest absolute Gasteiger partial charge is 0.331 e. The van der Waals surface area contributed by atoms with Gasteiger partial charge in [0.15, 0.2) is 5.78 Å². The van der Waals surface area contributed by atoms with Crippen LogP contribution in [0.1, 0.15) is 6.42 Å². The minimum absolute atomic E-state index is 0.0905. The molecule has 1 aromatic heterocycles. The molecule has 1 rings (SSSR count). The van der Waals surface area contributed by atoms with Crippen molar-refractivity contribution < 1.29 is 14.7 Å². The number of hydrogen-bond donors (Lipinski definition) is 1. The van der Waals surface area contributed by atoms with Gasteiger partial charge in [0.05, 0.1) is 10.8 Å². The highest BCUT2D eigenvalue weighted by molar-refractivity contribution is 7.99. The number of Topliss-reactive ketones (excluding diaryl/α,β-unsaturated/α-hetero) is 1. The summed E-state index contributed by atoms with van der Waals surface area (Å²) in [6.45, 7) is 0. The second kappa shape index (κ2) is 5.67. The van der Waals surface area contributed by atoms with Crippen molar-refractivity contribution in [3.05, 3.63) is 26.9 Å². The summed E-state index contributed by atoms with van der Waals surface area (Å²) in [4.78, 5) is 44.5. The standard InChI is InChI=1S/C10H12N2O5S/c1-11-7(14)4-8(12(2)10(11)17)18-5-6(13)3-9(15)16/h4H,3,5H2,1-2H3,(H,15,16). The average molecular weight is 272 g/mol. The fraction of sp³-hybridized carbons (Fsp3) is 0.400. The van der Waals surface area contributed by atoms with Crippen LogP contribution >= 0.6 is 11.8 Å². The van der Waals surface area contributed by atoms with E-state index < -0.39 is 29.4 Å². The molecule has 18 heavy (non-hydrogen) atoms. The van der Waals surface area contributed by atoms with Crippen LogP contribution in [-0.2, 0) is 23.7 Å². The van der Waals surface area contributed by atoms with Crippen LogP contribution in [0.3, 0.4) is 0 Å². The summed E-state index contributed by atoms with van der Waals surface area (Å²) in [5.41, 5.74) is -0.957. The Kier molecular flexibility index (Phi) is 4.49. The number of ketones is 1. The molecule has 0 fully saturated rings. The number of thioether (sulfide) groups is 1. The zero-order valence-corrected chi connectivity index (χ0v) is 10.7. The Hall–Kier alpha value is -1.83. The number of carbonyl (C=O) groups is 2. The van der Waals surface area contributed by atoms with Gasteiger partial charge >= 0.3 is 11.7 Å². The first kappa shape index (κ1) is 14.2. The highest BCUT2D eigenvalue weighted by Crippen LogP contribution is 2.14. The second-order valence-electron chi connectivity index (χ2n) is 3.62. The van der Waals surface area contributed by atoms with Gasteiger partial charge in [0.25, 0.3) is 5.56 Å². The van der Waals surface area contributed by atoms with E-state index in [-0.39, 0.29) is 5.75 Å². The molecule has 0 spiro atoms. The lowest BCUT2D eigenvalue weighted by molar-refractivity contribution is -0.139. The molecule has 0 unspecified atom stereocenters. The molecule has 0 aliphatic heterocycles. The molecule has 98 valence electrons. The molecule has 1 aromatic rings. The van der Waals surface area contributed by atoms with Crippen LogP contribution in [0.2, 0.25) is 0 Å². The Morgan fingerprint density at radius 1 is 1.28 bits per heavy atom. The number of carboxylic acid groups (broad SMARTS) is 1. The van der Waals surface area contributed by atoms with Gasteiger partial charge in [0.2, 0.25) is 0 Å². The van der Waals surface area contributed by atoms with Crippen molar-refractivity contribution >= 4 is 23.5 Å². The first-order valence-corrected chi connectivity index (χ1v) is 5.95. The third-order valence-electron chi connectivity index (χ3n) is 2.21. The minimum Gasteiger partial charge on any atom is -0.481 e. The lowest BCUT2D eigenvalue weighted by Crippen LogP contribution is -2.37. The molecular formula is C10H12N2O5S. The van der Waals surface area contributed by atoms with E-state index in [1.54, 1.807) is 0 Å². The van der Waals surface area contributed by atoms with Gasteiger partial charge in [0, 0.05) is 20.2 Å². The number of aliphatic carboxylic acids is 1. The van der Waals surface area contributed by atoms with Crippen molar-refractivity contribution in [1.82, 2.24) is 9.13 Å². The van der Waals surface area contributed by atoms with Crippen molar-refractivity contribution in [3.8, 4) is 0 Å². The van der Waals surface area contributed by atoms with Gasteiger partial charge in [-0.15, -0.1) is 11.8 Å². The first-order chi connectivity index (χ1) is 8.32. The Labute approximate surface area is 106 Å². The lowest BCUT2D eigenvalue weighted by atomic mass is 10.3. The minimum atomic E-state index is -1.20. The van der Waals surface area contributed by atoms with Crippen molar-refractivity contribution in [3.63, 3.8) is 0 Å². The maximum Gasteiger partial charge on any atom is 0.331 e. The number of nitrogens with zero attached hydrogens (tertiary/aromatic N) is 2. The molecule has 1 N–H and O–H groups in total. The van der Waals surface area contributed by atoms with Crippen LogP contribution in [0.15, 0.2) is 20.7 Å². The Morgan fingerprint density at radius 3 is 2.44 bits per heavy atom. The van der Waals surface area contributed by atoms with E-state index in [1.807, 2.05) is 0 Å². The molecular weight excluding hydrogens is 260 g/mol. The summed E-state index contributed by atoms with van der Waals surface area (Å²) in [5.74, 6) is -1.76. The molecule has 0 aromatic carbocycles. The molecule has 0 amide bonds. The monoisotopic (exact) mass is 272 g/mol. The van der Waals surface area contributed by atoms with Crippen LogP contribution in [0, 0.1) is 0 Å². The summed E-state index contributed by atoms with van der Waals surface area (Å²) < 4.78 is 2.18. The van der Waals surface area contributed by atoms with Gasteiger partial charge in [-0.05, 0) is 0 Å². The SMILES string of the molecule is Cn1c(SCC(=O)CC(=O)O)cc(=O)n(C)c1=O. The number of aromatic nitrogens is 2. The molecule has 0 bridgehead atoms. The number of carbonyl (C=O) groups excluding carboxylic acids is 1. The summed E-state index contributed by atoms with van der Waals surface area (Å²) in [7, 11) is 2.83. The van der Waals surface area contributed by atoms with E-state index in [4.69, 9.17) is 5.11 Å². The second-order valence-corrected chi connectivity index (χ2v) is 4.61. The van der Waals surface area contributed by atoms with E-state index >= 15 is 0 Å². The van der Waals surface area contributed by atoms with E-state index in [1.165, 1.54) is 24.7 Å². The molecule has 0 saturated heterocycles. The third-order valence-corrected chi connectivity index (χ3v) is 3.37. The van der Waals surface area contributed by atoms with Crippen molar-refractivity contribution in [1.29, 1.82) is 0 Å². The van der Waals surface area contributed by atoms with Gasteiger partial charge in [-0.3, -0.25) is 23.5 Å². The summed E-state index contributed by atoms with van der Waals surface area (Å²) in [6.07, 6.45) is -0.564. The fourth-order valence-electron chi connectivity index (χ4n) is 1.23. The predicted molar refractivity (Wildman–Crippen MR) is 64.9 cm³/mol. The Morgan fingerprint density at radius 2 is 1.89 bits per heavy atom. The molecule has 0 atom stereocenters. The predicted octanol–water partition coefficient (Wildman–Crippen LogP) is -0.780. The lowest BCUT2D eigenvalue weighted by Gasteiger charge is -2.07. The molecule has 1 heterocycles. The Balaban J connectivity index is 2.87. The van der Waals surface area contributed by atoms with Gasteiger partial charge in [-0.25, -0.2) is 4.79 Å². The van der Waals surface area contributed by atoms with Crippen LogP contribution in [0.25, 0.3) is 0 Å². The van der Waals surface area contributed by atoms with Crippen LogP contribution in [0.5, 0.6) is 0 Å². The van der Waals surface area contributed by atoms with Crippen LogP contribution in [0.4, 0.5) is 0 Å². The highest BCUT2D eigenvalue weighted by atomic mass is 32.2. The van der Waals surface area contributed by atoms with Crippen molar-refractivity contribution in [2.24, 2.45) is 14.1 Å². The third kappa shape index (κ3) is 3.33. The molecule has 8 heteroatoms.